The van der Waals surface area contributed by atoms with E-state index in [2.05, 4.69) is 39.0 Å². The van der Waals surface area contributed by atoms with Crippen LogP contribution in [-0.2, 0) is 4.74 Å². The van der Waals surface area contributed by atoms with Crippen molar-refractivity contribution >= 4 is 0 Å². The number of hydrogen-bond donors (Lipinski definition) is 0. The van der Waals surface area contributed by atoms with Crippen molar-refractivity contribution in [2.75, 3.05) is 7.11 Å². The molecule has 0 heterocycles. The number of methoxy groups -OCH3 is 1. The van der Waals surface area contributed by atoms with E-state index in [1.54, 1.807) is 11.1 Å². The second-order valence-electron chi connectivity index (χ2n) is 8.78. The smallest absolute Gasteiger partial charge is 0.0958 e. The molecular weight excluding hydrogens is 280 g/mol. The maximum Gasteiger partial charge on any atom is 0.0958 e. The number of hydrogen-bond acceptors (Lipinski definition) is 1. The lowest BCUT2D eigenvalue weighted by Gasteiger charge is -2.56. The average Bonchev–Trinajstić information content (AvgIpc) is 2.90. The van der Waals surface area contributed by atoms with Gasteiger partial charge in [0.25, 0.3) is 0 Å². The summed E-state index contributed by atoms with van der Waals surface area (Å²) in [6.45, 7) is 7.47. The van der Waals surface area contributed by atoms with Gasteiger partial charge in [-0.25, -0.2) is 0 Å². The third-order valence-corrected chi connectivity index (χ3v) is 8.12. The second kappa shape index (κ2) is 5.26. The van der Waals surface area contributed by atoms with E-state index in [0.29, 0.717) is 10.8 Å². The molecule has 126 valence electrons. The molecular formula is C22H32O. The largest absolute Gasteiger partial charge is 0.501 e. The van der Waals surface area contributed by atoms with Gasteiger partial charge in [-0.3, -0.25) is 0 Å². The van der Waals surface area contributed by atoms with Crippen LogP contribution in [0.3, 0.4) is 0 Å². The molecule has 1 saturated carbocycles. The molecule has 5 unspecified atom stereocenters. The van der Waals surface area contributed by atoms with Gasteiger partial charge in [-0.1, -0.05) is 38.5 Å². The molecule has 0 N–H and O–H groups in total. The SMILES string of the molecule is CCC1=CCC2C3CC=C4C=C(OC)CCC4(C)C3CCC12C. The van der Waals surface area contributed by atoms with Crippen molar-refractivity contribution in [3.63, 3.8) is 0 Å². The van der Waals surface area contributed by atoms with Crippen LogP contribution in [-0.4, -0.2) is 7.11 Å². The highest BCUT2D eigenvalue weighted by atomic mass is 16.5. The molecule has 4 aliphatic rings. The van der Waals surface area contributed by atoms with E-state index in [9.17, 15) is 0 Å². The molecule has 0 aromatic carbocycles. The molecule has 0 radical (unpaired) electrons. The molecule has 23 heavy (non-hydrogen) atoms. The van der Waals surface area contributed by atoms with E-state index in [-0.39, 0.29) is 0 Å². The second-order valence-corrected chi connectivity index (χ2v) is 8.78. The van der Waals surface area contributed by atoms with Crippen molar-refractivity contribution in [1.29, 1.82) is 0 Å². The van der Waals surface area contributed by atoms with Crippen molar-refractivity contribution in [3.05, 3.63) is 35.1 Å². The van der Waals surface area contributed by atoms with Gasteiger partial charge in [0.15, 0.2) is 0 Å². The third kappa shape index (κ3) is 2.04. The summed E-state index contributed by atoms with van der Waals surface area (Å²) >= 11 is 0. The fourth-order valence-corrected chi connectivity index (χ4v) is 6.66. The van der Waals surface area contributed by atoms with Crippen molar-refractivity contribution in [2.24, 2.45) is 28.6 Å². The van der Waals surface area contributed by atoms with Gasteiger partial charge in [-0.05, 0) is 78.8 Å². The van der Waals surface area contributed by atoms with Crippen LogP contribution in [0.1, 0.15) is 65.7 Å². The minimum Gasteiger partial charge on any atom is -0.501 e. The zero-order valence-electron chi connectivity index (χ0n) is 15.3. The van der Waals surface area contributed by atoms with Crippen LogP contribution in [0.5, 0.6) is 0 Å². The van der Waals surface area contributed by atoms with E-state index in [1.165, 1.54) is 44.3 Å². The summed E-state index contributed by atoms with van der Waals surface area (Å²) in [6.07, 6.45) is 16.6. The number of ether oxygens (including phenoxy) is 1. The molecule has 0 saturated heterocycles. The molecule has 0 aliphatic heterocycles. The van der Waals surface area contributed by atoms with Crippen molar-refractivity contribution in [3.8, 4) is 0 Å². The zero-order chi connectivity index (χ0) is 16.2. The molecule has 1 heteroatoms. The quantitative estimate of drug-likeness (QED) is 0.565. The molecule has 0 amide bonds. The summed E-state index contributed by atoms with van der Waals surface area (Å²) in [5, 5.41) is 0. The van der Waals surface area contributed by atoms with Gasteiger partial charge >= 0.3 is 0 Å². The van der Waals surface area contributed by atoms with Gasteiger partial charge in [0, 0.05) is 6.42 Å². The first-order valence-electron chi connectivity index (χ1n) is 9.67. The summed E-state index contributed by atoms with van der Waals surface area (Å²) in [6, 6.07) is 0. The normalized spacial score (nSPS) is 45.2. The summed E-state index contributed by atoms with van der Waals surface area (Å²) in [7, 11) is 1.82. The van der Waals surface area contributed by atoms with E-state index >= 15 is 0 Å². The molecule has 0 aromatic rings. The van der Waals surface area contributed by atoms with Gasteiger partial charge < -0.3 is 4.74 Å². The Morgan fingerprint density at radius 1 is 1.09 bits per heavy atom. The highest BCUT2D eigenvalue weighted by Gasteiger charge is 2.55. The lowest BCUT2D eigenvalue weighted by molar-refractivity contribution is -0.0124. The Hall–Kier alpha value is -0.980. The number of rotatable bonds is 2. The Morgan fingerprint density at radius 2 is 1.91 bits per heavy atom. The summed E-state index contributed by atoms with van der Waals surface area (Å²) in [5.41, 5.74) is 4.22. The monoisotopic (exact) mass is 312 g/mol. The Bertz CT molecular complexity index is 595. The van der Waals surface area contributed by atoms with Crippen molar-refractivity contribution < 1.29 is 4.74 Å². The van der Waals surface area contributed by atoms with Gasteiger partial charge in [0.1, 0.15) is 0 Å². The maximum atomic E-state index is 5.55. The molecule has 5 atom stereocenters. The maximum absolute atomic E-state index is 5.55. The van der Waals surface area contributed by atoms with Crippen molar-refractivity contribution in [1.82, 2.24) is 0 Å². The summed E-state index contributed by atoms with van der Waals surface area (Å²) in [5.74, 6) is 3.84. The molecule has 1 fully saturated rings. The molecule has 0 aromatic heterocycles. The standard InChI is InChI=1S/C22H32O/c1-5-15-7-9-19-18-8-6-16-14-17(23-4)10-12-22(16,3)20(18)11-13-21(15,19)2/h6-7,14,18-20H,5,8-13H2,1-4H3. The van der Waals surface area contributed by atoms with E-state index < -0.39 is 0 Å². The third-order valence-electron chi connectivity index (χ3n) is 8.12. The Balaban J connectivity index is 1.68. The van der Waals surface area contributed by atoms with Gasteiger partial charge in [0.2, 0.25) is 0 Å². The highest BCUT2D eigenvalue weighted by molar-refractivity contribution is 5.37. The molecule has 0 bridgehead atoms. The first-order chi connectivity index (χ1) is 11.0. The fourth-order valence-electron chi connectivity index (χ4n) is 6.66. The van der Waals surface area contributed by atoms with Crippen molar-refractivity contribution in [2.45, 2.75) is 65.7 Å². The van der Waals surface area contributed by atoms with Crippen LogP contribution >= 0.6 is 0 Å². The van der Waals surface area contributed by atoms with Crippen LogP contribution in [0, 0.1) is 28.6 Å². The van der Waals surface area contributed by atoms with Crippen LogP contribution in [0.2, 0.25) is 0 Å². The number of allylic oxidation sites excluding steroid dienone is 6. The summed E-state index contributed by atoms with van der Waals surface area (Å²) < 4.78 is 5.55. The predicted molar refractivity (Wildman–Crippen MR) is 95.9 cm³/mol. The molecule has 4 rings (SSSR count). The summed E-state index contributed by atoms with van der Waals surface area (Å²) in [4.78, 5) is 0. The molecule has 0 spiro atoms. The van der Waals surface area contributed by atoms with Gasteiger partial charge in [-0.2, -0.15) is 0 Å². The van der Waals surface area contributed by atoms with Gasteiger partial charge in [-0.15, -0.1) is 0 Å². The topological polar surface area (TPSA) is 9.23 Å². The highest BCUT2D eigenvalue weighted by Crippen LogP contribution is 2.64. The van der Waals surface area contributed by atoms with Crippen LogP contribution < -0.4 is 0 Å². The first-order valence-corrected chi connectivity index (χ1v) is 9.67. The van der Waals surface area contributed by atoms with Crippen LogP contribution in [0.25, 0.3) is 0 Å². The Kier molecular flexibility index (Phi) is 3.55. The van der Waals surface area contributed by atoms with E-state index in [0.717, 1.165) is 24.2 Å². The Labute approximate surface area is 141 Å². The minimum absolute atomic E-state index is 0.390. The zero-order valence-corrected chi connectivity index (χ0v) is 15.3. The Morgan fingerprint density at radius 3 is 2.65 bits per heavy atom. The minimum atomic E-state index is 0.390. The van der Waals surface area contributed by atoms with E-state index in [4.69, 9.17) is 4.74 Å². The molecule has 4 aliphatic carbocycles. The average molecular weight is 312 g/mol. The predicted octanol–water partition coefficient (Wildman–Crippen LogP) is 6.04. The fraction of sp³-hybridized carbons (Fsp3) is 0.727. The number of fused-ring (bicyclic) bond motifs is 5. The lowest BCUT2D eigenvalue weighted by atomic mass is 9.48. The lowest BCUT2D eigenvalue weighted by Crippen LogP contribution is -2.48. The van der Waals surface area contributed by atoms with Crippen LogP contribution in [0.15, 0.2) is 35.1 Å². The van der Waals surface area contributed by atoms with E-state index in [1.807, 2.05) is 7.11 Å². The van der Waals surface area contributed by atoms with Crippen LogP contribution in [0.4, 0.5) is 0 Å². The molecule has 1 nitrogen and oxygen atoms in total. The first kappa shape index (κ1) is 15.5. The van der Waals surface area contributed by atoms with Gasteiger partial charge in [0.05, 0.1) is 12.9 Å².